The number of aryl methyl sites for hydroxylation is 2. The van der Waals surface area contributed by atoms with E-state index in [2.05, 4.69) is 30.5 Å². The number of aromatic nitrogens is 3. The van der Waals surface area contributed by atoms with Crippen LogP contribution in [0.5, 0.6) is 0 Å². The number of nitrogens with one attached hydrogen (secondary N) is 2. The zero-order valence-corrected chi connectivity index (χ0v) is 22.2. The Hall–Kier alpha value is -3.70. The third kappa shape index (κ3) is 4.96. The summed E-state index contributed by atoms with van der Waals surface area (Å²) in [5.74, 6) is -1.83. The standard InChI is InChI=1S/C25H30ClN7O4/c1-6-15-13(2)18(11-16(20(15)26)24(35)36)28-25(37)29-23(34)17-12-27-22-19(14(3)30-32(22)5)21(17)33-9-7-31(4)8-10-33/h11-12H,6-10H2,1-5H3,(H,35,36)(H2,28,29,34,37). The minimum atomic E-state index is -1.21. The number of halogens is 1. The quantitative estimate of drug-likeness (QED) is 0.460. The van der Waals surface area contributed by atoms with E-state index >= 15 is 0 Å². The topological polar surface area (TPSA) is 133 Å². The van der Waals surface area contributed by atoms with Crippen LogP contribution in [0.2, 0.25) is 5.02 Å². The molecule has 0 unspecified atom stereocenters. The van der Waals surface area contributed by atoms with Gasteiger partial charge in [-0.05, 0) is 44.5 Å². The Balaban J connectivity index is 1.67. The van der Waals surface area contributed by atoms with Crippen LogP contribution in [0.15, 0.2) is 12.3 Å². The first-order valence-electron chi connectivity index (χ1n) is 12.0. The Labute approximate surface area is 219 Å². The number of imide groups is 1. The normalized spacial score (nSPS) is 14.2. The van der Waals surface area contributed by atoms with Crippen molar-refractivity contribution in [1.82, 2.24) is 25.0 Å². The van der Waals surface area contributed by atoms with Gasteiger partial charge in [-0.2, -0.15) is 5.10 Å². The molecule has 11 nitrogen and oxygen atoms in total. The minimum absolute atomic E-state index is 0.121. The van der Waals surface area contributed by atoms with Crippen molar-refractivity contribution in [3.8, 4) is 0 Å². The van der Waals surface area contributed by atoms with E-state index in [0.29, 0.717) is 42.0 Å². The number of fused-ring (bicyclic) bond motifs is 1. The highest BCUT2D eigenvalue weighted by atomic mass is 35.5. The number of hydrogen-bond donors (Lipinski definition) is 3. The predicted octanol–water partition coefficient (Wildman–Crippen LogP) is 3.21. The molecule has 12 heteroatoms. The number of pyridine rings is 1. The van der Waals surface area contributed by atoms with Crippen LogP contribution in [0.4, 0.5) is 16.2 Å². The molecule has 3 N–H and O–H groups in total. The van der Waals surface area contributed by atoms with Crippen molar-refractivity contribution in [3.63, 3.8) is 0 Å². The lowest BCUT2D eigenvalue weighted by Crippen LogP contribution is -2.45. The highest BCUT2D eigenvalue weighted by Crippen LogP contribution is 2.33. The van der Waals surface area contributed by atoms with Crippen molar-refractivity contribution in [2.75, 3.05) is 43.4 Å². The molecule has 1 aliphatic rings. The fourth-order valence-electron chi connectivity index (χ4n) is 4.75. The molecule has 3 aromatic rings. The van der Waals surface area contributed by atoms with E-state index in [1.807, 2.05) is 20.9 Å². The summed E-state index contributed by atoms with van der Waals surface area (Å²) in [6.45, 7) is 8.51. The van der Waals surface area contributed by atoms with Gasteiger partial charge >= 0.3 is 12.0 Å². The maximum absolute atomic E-state index is 13.4. The second-order valence-electron chi connectivity index (χ2n) is 9.17. The Morgan fingerprint density at radius 1 is 1.11 bits per heavy atom. The second-order valence-corrected chi connectivity index (χ2v) is 9.55. The molecule has 0 saturated carbocycles. The van der Waals surface area contributed by atoms with Crippen molar-refractivity contribution in [3.05, 3.63) is 45.2 Å². The molecule has 1 fully saturated rings. The van der Waals surface area contributed by atoms with Crippen molar-refractivity contribution in [2.24, 2.45) is 7.05 Å². The number of urea groups is 1. The largest absolute Gasteiger partial charge is 0.478 e. The number of anilines is 2. The molecule has 3 amide bonds. The zero-order chi connectivity index (χ0) is 27.0. The molecular formula is C25H30ClN7O4. The molecule has 0 radical (unpaired) electrons. The summed E-state index contributed by atoms with van der Waals surface area (Å²) in [5.41, 5.74) is 3.73. The average Bonchev–Trinajstić information content (AvgIpc) is 3.14. The number of nitrogens with zero attached hydrogens (tertiary/aromatic N) is 5. The van der Waals surface area contributed by atoms with Gasteiger partial charge in [-0.1, -0.05) is 18.5 Å². The van der Waals surface area contributed by atoms with Gasteiger partial charge in [-0.3, -0.25) is 14.8 Å². The number of carboxylic acid groups (broad SMARTS) is 1. The van der Waals surface area contributed by atoms with Crippen LogP contribution >= 0.6 is 11.6 Å². The molecule has 1 aromatic carbocycles. The van der Waals surface area contributed by atoms with Gasteiger partial charge < -0.3 is 20.2 Å². The fraction of sp³-hybridized carbons (Fsp3) is 0.400. The van der Waals surface area contributed by atoms with Crippen molar-refractivity contribution >= 4 is 51.9 Å². The van der Waals surface area contributed by atoms with Crippen LogP contribution in [0.3, 0.4) is 0 Å². The van der Waals surface area contributed by atoms with E-state index < -0.39 is 17.9 Å². The second kappa shape index (κ2) is 10.3. The average molecular weight is 528 g/mol. The van der Waals surface area contributed by atoms with Gasteiger partial charge in [0, 0.05) is 45.1 Å². The highest BCUT2D eigenvalue weighted by molar-refractivity contribution is 6.34. The maximum atomic E-state index is 13.4. The summed E-state index contributed by atoms with van der Waals surface area (Å²) in [5, 5.41) is 19.9. The number of piperazine rings is 1. The van der Waals surface area contributed by atoms with Crippen LogP contribution in [0.25, 0.3) is 11.0 Å². The highest BCUT2D eigenvalue weighted by Gasteiger charge is 2.27. The van der Waals surface area contributed by atoms with E-state index in [-0.39, 0.29) is 21.8 Å². The predicted molar refractivity (Wildman–Crippen MR) is 142 cm³/mol. The van der Waals surface area contributed by atoms with Crippen LogP contribution in [0, 0.1) is 13.8 Å². The third-order valence-corrected chi connectivity index (χ3v) is 7.20. The molecule has 1 saturated heterocycles. The SMILES string of the molecule is CCc1c(C)c(NC(=O)NC(=O)c2cnc3c(c(C)nn3C)c2N2CCN(C)CC2)cc(C(=O)O)c1Cl. The number of likely N-dealkylation sites (N-methyl/N-ethyl adjacent to an activating group) is 1. The smallest absolute Gasteiger partial charge is 0.337 e. The summed E-state index contributed by atoms with van der Waals surface area (Å²) < 4.78 is 1.67. The van der Waals surface area contributed by atoms with Crippen LogP contribution in [-0.2, 0) is 13.5 Å². The number of hydrogen-bond acceptors (Lipinski definition) is 7. The Bertz CT molecular complexity index is 1410. The van der Waals surface area contributed by atoms with E-state index in [0.717, 1.165) is 24.2 Å². The molecule has 3 heterocycles. The van der Waals surface area contributed by atoms with E-state index in [4.69, 9.17) is 11.6 Å². The first kappa shape index (κ1) is 26.4. The molecule has 1 aliphatic heterocycles. The summed E-state index contributed by atoms with van der Waals surface area (Å²) in [6.07, 6.45) is 1.94. The summed E-state index contributed by atoms with van der Waals surface area (Å²) in [6, 6.07) is 0.507. The molecule has 0 bridgehead atoms. The van der Waals surface area contributed by atoms with Crippen LogP contribution < -0.4 is 15.5 Å². The van der Waals surface area contributed by atoms with Gasteiger partial charge in [0.2, 0.25) is 0 Å². The fourth-order valence-corrected chi connectivity index (χ4v) is 5.16. The third-order valence-electron chi connectivity index (χ3n) is 6.77. The summed E-state index contributed by atoms with van der Waals surface area (Å²) in [4.78, 5) is 46.7. The lowest BCUT2D eigenvalue weighted by molar-refractivity contribution is 0.0696. The first-order valence-corrected chi connectivity index (χ1v) is 12.3. The van der Waals surface area contributed by atoms with Gasteiger partial charge in [0.05, 0.1) is 32.9 Å². The Kier molecular flexibility index (Phi) is 7.37. The Morgan fingerprint density at radius 2 is 1.78 bits per heavy atom. The number of benzene rings is 1. The first-order chi connectivity index (χ1) is 17.5. The number of carbonyl (C=O) groups excluding carboxylic acids is 2. The summed E-state index contributed by atoms with van der Waals surface area (Å²) in [7, 11) is 3.85. The monoisotopic (exact) mass is 527 g/mol. The van der Waals surface area contributed by atoms with E-state index in [9.17, 15) is 19.5 Å². The number of amides is 3. The molecule has 0 aliphatic carbocycles. The van der Waals surface area contributed by atoms with Gasteiger partial charge in [0.15, 0.2) is 5.65 Å². The van der Waals surface area contributed by atoms with Gasteiger partial charge in [0.25, 0.3) is 5.91 Å². The zero-order valence-electron chi connectivity index (χ0n) is 21.5. The van der Waals surface area contributed by atoms with E-state index in [1.54, 1.807) is 18.7 Å². The van der Waals surface area contributed by atoms with Gasteiger partial charge in [-0.15, -0.1) is 0 Å². The van der Waals surface area contributed by atoms with Crippen molar-refractivity contribution in [1.29, 1.82) is 0 Å². The number of carboxylic acids is 1. The van der Waals surface area contributed by atoms with Crippen molar-refractivity contribution < 1.29 is 19.5 Å². The van der Waals surface area contributed by atoms with Crippen LogP contribution in [0.1, 0.15) is 44.5 Å². The summed E-state index contributed by atoms with van der Waals surface area (Å²) >= 11 is 6.26. The number of carbonyl (C=O) groups is 3. The lowest BCUT2D eigenvalue weighted by Gasteiger charge is -2.35. The molecule has 196 valence electrons. The molecule has 2 aromatic heterocycles. The minimum Gasteiger partial charge on any atom is -0.478 e. The van der Waals surface area contributed by atoms with Crippen molar-refractivity contribution in [2.45, 2.75) is 27.2 Å². The molecule has 37 heavy (non-hydrogen) atoms. The molecule has 4 rings (SSSR count). The molecule has 0 spiro atoms. The Morgan fingerprint density at radius 3 is 2.41 bits per heavy atom. The number of aromatic carboxylic acids is 1. The molecular weight excluding hydrogens is 498 g/mol. The van der Waals surface area contributed by atoms with Crippen LogP contribution in [-0.4, -0.2) is 75.9 Å². The molecule has 0 atom stereocenters. The number of rotatable bonds is 5. The van der Waals surface area contributed by atoms with E-state index in [1.165, 1.54) is 12.3 Å². The van der Waals surface area contributed by atoms with Gasteiger partial charge in [0.1, 0.15) is 0 Å². The van der Waals surface area contributed by atoms with Gasteiger partial charge in [-0.25, -0.2) is 14.6 Å². The lowest BCUT2D eigenvalue weighted by atomic mass is 10.0. The maximum Gasteiger partial charge on any atom is 0.337 e.